The molecule has 0 N–H and O–H groups in total. The highest BCUT2D eigenvalue weighted by Gasteiger charge is 2.39. The molecular formula is C14H17ClIN. The molecule has 2 aliphatic rings. The second kappa shape index (κ2) is 4.71. The van der Waals surface area contributed by atoms with Crippen LogP contribution in [0, 0.1) is 5.92 Å². The van der Waals surface area contributed by atoms with Crippen molar-refractivity contribution in [1.29, 1.82) is 0 Å². The van der Waals surface area contributed by atoms with E-state index < -0.39 is 0 Å². The lowest BCUT2D eigenvalue weighted by molar-refractivity contribution is 0.104. The van der Waals surface area contributed by atoms with Gasteiger partial charge in [-0.15, -0.1) is 0 Å². The maximum atomic E-state index is 6.10. The van der Waals surface area contributed by atoms with Crippen molar-refractivity contribution in [2.75, 3.05) is 6.54 Å². The van der Waals surface area contributed by atoms with Gasteiger partial charge in [-0.05, 0) is 61.9 Å². The minimum Gasteiger partial charge on any atom is -0.284 e. The van der Waals surface area contributed by atoms with Gasteiger partial charge in [0.15, 0.2) is 0 Å². The zero-order valence-electron chi connectivity index (χ0n) is 10.00. The van der Waals surface area contributed by atoms with Crippen LogP contribution in [0.3, 0.4) is 0 Å². The third kappa shape index (κ3) is 2.13. The monoisotopic (exact) mass is 361 g/mol. The number of halogens is 2. The van der Waals surface area contributed by atoms with Gasteiger partial charge in [-0.1, -0.05) is 40.3 Å². The maximum absolute atomic E-state index is 6.10. The summed E-state index contributed by atoms with van der Waals surface area (Å²) in [5, 5.41) is 0.886. The van der Waals surface area contributed by atoms with Gasteiger partial charge >= 0.3 is 0 Å². The van der Waals surface area contributed by atoms with E-state index in [1.165, 1.54) is 36.9 Å². The van der Waals surface area contributed by atoms with Crippen molar-refractivity contribution in [1.82, 2.24) is 4.90 Å². The lowest BCUT2D eigenvalue weighted by Crippen LogP contribution is -2.40. The lowest BCUT2D eigenvalue weighted by Gasteiger charge is -2.40. The minimum absolute atomic E-state index is 0.613. The second-order valence-electron chi connectivity index (χ2n) is 5.21. The highest BCUT2D eigenvalue weighted by Crippen LogP contribution is 2.47. The molecule has 0 spiro atoms. The number of fused-ring (bicyclic) bond motifs is 3. The first kappa shape index (κ1) is 12.2. The first-order valence-electron chi connectivity index (χ1n) is 6.35. The van der Waals surface area contributed by atoms with Gasteiger partial charge in [0, 0.05) is 11.1 Å². The summed E-state index contributed by atoms with van der Waals surface area (Å²) in [4.78, 5) is 2.66. The molecule has 0 radical (unpaired) electrons. The average molecular weight is 362 g/mol. The van der Waals surface area contributed by atoms with Crippen LogP contribution in [0.1, 0.15) is 36.9 Å². The van der Waals surface area contributed by atoms with Crippen molar-refractivity contribution in [3.63, 3.8) is 0 Å². The Balaban J connectivity index is 2.00. The number of benzene rings is 1. The Bertz CT molecular complexity index is 432. The molecule has 17 heavy (non-hydrogen) atoms. The van der Waals surface area contributed by atoms with Crippen LogP contribution in [0.5, 0.6) is 0 Å². The van der Waals surface area contributed by atoms with Crippen molar-refractivity contribution in [3.8, 4) is 0 Å². The summed E-state index contributed by atoms with van der Waals surface area (Å²) in [6, 6.07) is 7.11. The van der Waals surface area contributed by atoms with E-state index in [9.17, 15) is 0 Å². The van der Waals surface area contributed by atoms with Crippen LogP contribution in [0.25, 0.3) is 0 Å². The zero-order chi connectivity index (χ0) is 12.0. The van der Waals surface area contributed by atoms with Crippen LogP contribution in [0.15, 0.2) is 18.2 Å². The molecule has 1 aliphatic heterocycles. The van der Waals surface area contributed by atoms with Gasteiger partial charge in [0.2, 0.25) is 0 Å². The smallest absolute Gasteiger partial charge is 0.0595 e. The Morgan fingerprint density at radius 2 is 2.29 bits per heavy atom. The van der Waals surface area contributed by atoms with Gasteiger partial charge in [-0.3, -0.25) is 4.90 Å². The van der Waals surface area contributed by atoms with Gasteiger partial charge in [0.25, 0.3) is 0 Å². The normalized spacial score (nSPS) is 29.8. The average Bonchev–Trinajstić information content (AvgIpc) is 2.65. The topological polar surface area (TPSA) is 3.24 Å². The van der Waals surface area contributed by atoms with Crippen LogP contribution in [-0.4, -0.2) is 15.5 Å². The van der Waals surface area contributed by atoms with Crippen LogP contribution in [-0.2, 0) is 6.42 Å². The molecule has 0 aromatic heterocycles. The van der Waals surface area contributed by atoms with Gasteiger partial charge in [-0.2, -0.15) is 0 Å². The highest BCUT2D eigenvalue weighted by atomic mass is 127. The number of hydrogen-bond donors (Lipinski definition) is 0. The molecule has 1 fully saturated rings. The predicted molar refractivity (Wildman–Crippen MR) is 80.8 cm³/mol. The molecule has 1 aromatic carbocycles. The summed E-state index contributed by atoms with van der Waals surface area (Å²) in [7, 11) is 0. The predicted octanol–water partition coefficient (Wildman–Crippen LogP) is 4.43. The molecule has 1 unspecified atom stereocenters. The molecule has 3 atom stereocenters. The summed E-state index contributed by atoms with van der Waals surface area (Å²) < 4.78 is 0.613. The SMILES string of the molecule is CC(I)N1CCC[C@@H]2Cc3cc(Cl)ccc3[C@@H]21. The second-order valence-corrected chi connectivity index (χ2v) is 7.45. The Labute approximate surface area is 122 Å². The fourth-order valence-corrected chi connectivity index (χ4v) is 4.29. The standard InChI is InChI=1S/C14H17ClIN/c1-9(16)17-6-2-3-10-7-11-8-12(15)4-5-13(11)14(10)17/h4-5,8-10,14H,2-3,6-7H2,1H3/t9?,10-,14-/m1/s1. The molecular weight excluding hydrogens is 345 g/mol. The van der Waals surface area contributed by atoms with Crippen molar-refractivity contribution in [3.05, 3.63) is 34.3 Å². The quantitative estimate of drug-likeness (QED) is 0.406. The van der Waals surface area contributed by atoms with Crippen molar-refractivity contribution in [2.24, 2.45) is 5.92 Å². The Kier molecular flexibility index (Phi) is 3.39. The Morgan fingerprint density at radius 1 is 1.47 bits per heavy atom. The minimum atomic E-state index is 0.613. The first-order valence-corrected chi connectivity index (χ1v) is 7.97. The molecule has 0 bridgehead atoms. The molecule has 1 saturated heterocycles. The van der Waals surface area contributed by atoms with E-state index in [1.807, 2.05) is 6.07 Å². The summed E-state index contributed by atoms with van der Waals surface area (Å²) in [6.07, 6.45) is 3.94. The molecule has 3 rings (SSSR count). The van der Waals surface area contributed by atoms with Gasteiger partial charge in [0.05, 0.1) is 4.05 Å². The molecule has 1 heterocycles. The van der Waals surface area contributed by atoms with Gasteiger partial charge in [0.1, 0.15) is 0 Å². The summed E-state index contributed by atoms with van der Waals surface area (Å²) in [5.74, 6) is 0.814. The molecule has 1 aromatic rings. The Morgan fingerprint density at radius 3 is 3.06 bits per heavy atom. The fraction of sp³-hybridized carbons (Fsp3) is 0.571. The third-order valence-corrected chi connectivity index (χ3v) is 5.11. The van der Waals surface area contributed by atoms with Gasteiger partial charge in [-0.25, -0.2) is 0 Å². The molecule has 92 valence electrons. The van der Waals surface area contributed by atoms with E-state index in [2.05, 4.69) is 46.5 Å². The number of likely N-dealkylation sites (tertiary alicyclic amines) is 1. The largest absolute Gasteiger partial charge is 0.284 e. The van der Waals surface area contributed by atoms with E-state index >= 15 is 0 Å². The molecule has 1 nitrogen and oxygen atoms in total. The summed E-state index contributed by atoms with van der Waals surface area (Å²) in [5.41, 5.74) is 3.01. The maximum Gasteiger partial charge on any atom is 0.0595 e. The third-order valence-electron chi connectivity index (χ3n) is 4.16. The molecule has 3 heteroatoms. The highest BCUT2D eigenvalue weighted by molar-refractivity contribution is 14.1. The lowest BCUT2D eigenvalue weighted by atomic mass is 9.90. The Hall–Kier alpha value is 0.200. The van der Waals surface area contributed by atoms with Crippen LogP contribution in [0.4, 0.5) is 0 Å². The van der Waals surface area contributed by atoms with Crippen molar-refractivity contribution in [2.45, 2.75) is 36.3 Å². The van der Waals surface area contributed by atoms with Crippen LogP contribution >= 0.6 is 34.2 Å². The van der Waals surface area contributed by atoms with E-state index in [0.717, 1.165) is 10.9 Å². The first-order chi connectivity index (χ1) is 8.16. The fourth-order valence-electron chi connectivity index (χ4n) is 3.47. The number of rotatable bonds is 1. The van der Waals surface area contributed by atoms with Crippen molar-refractivity contribution >= 4 is 34.2 Å². The summed E-state index contributed by atoms with van der Waals surface area (Å²) >= 11 is 8.65. The van der Waals surface area contributed by atoms with E-state index in [-0.39, 0.29) is 0 Å². The van der Waals surface area contributed by atoms with Crippen LogP contribution < -0.4 is 0 Å². The molecule has 1 aliphatic carbocycles. The van der Waals surface area contributed by atoms with Crippen LogP contribution in [0.2, 0.25) is 5.02 Å². The van der Waals surface area contributed by atoms with E-state index in [0.29, 0.717) is 10.1 Å². The molecule has 0 amide bonds. The van der Waals surface area contributed by atoms with Crippen molar-refractivity contribution < 1.29 is 0 Å². The van der Waals surface area contributed by atoms with E-state index in [4.69, 9.17) is 11.6 Å². The number of nitrogens with zero attached hydrogens (tertiary/aromatic N) is 1. The molecule has 0 saturated carbocycles. The number of piperidine rings is 1. The zero-order valence-corrected chi connectivity index (χ0v) is 12.9. The number of hydrogen-bond acceptors (Lipinski definition) is 1. The van der Waals surface area contributed by atoms with Gasteiger partial charge < -0.3 is 0 Å². The number of alkyl halides is 1. The summed E-state index contributed by atoms with van der Waals surface area (Å²) in [6.45, 7) is 3.55. The van der Waals surface area contributed by atoms with E-state index in [1.54, 1.807) is 0 Å².